The van der Waals surface area contributed by atoms with Gasteiger partial charge in [0.15, 0.2) is 6.29 Å². The molecule has 0 amide bonds. The van der Waals surface area contributed by atoms with Crippen LogP contribution in [0, 0.1) is 0 Å². The van der Waals surface area contributed by atoms with Crippen LogP contribution in [0.25, 0.3) is 0 Å². The van der Waals surface area contributed by atoms with E-state index < -0.39 is 0 Å². The van der Waals surface area contributed by atoms with Gasteiger partial charge in [0.1, 0.15) is 5.75 Å². The number of benzene rings is 1. The van der Waals surface area contributed by atoms with Crippen molar-refractivity contribution >= 4 is 5.97 Å². The van der Waals surface area contributed by atoms with Gasteiger partial charge >= 0.3 is 5.97 Å². The Morgan fingerprint density at radius 3 is 2.72 bits per heavy atom. The molecule has 1 saturated heterocycles. The summed E-state index contributed by atoms with van der Waals surface area (Å²) in [5.74, 6) is 0.537. The van der Waals surface area contributed by atoms with Gasteiger partial charge in [0, 0.05) is 6.42 Å². The van der Waals surface area contributed by atoms with Crippen molar-refractivity contribution < 1.29 is 19.0 Å². The first-order valence-corrected chi connectivity index (χ1v) is 6.22. The maximum Gasteiger partial charge on any atom is 0.309 e. The molecular formula is C14H18O4. The van der Waals surface area contributed by atoms with Crippen LogP contribution in [0.1, 0.15) is 24.8 Å². The fraction of sp³-hybridized carbons (Fsp3) is 0.500. The highest BCUT2D eigenvalue weighted by Gasteiger charge is 2.15. The average Bonchev–Trinajstić information content (AvgIpc) is 2.42. The minimum absolute atomic E-state index is 0.134. The van der Waals surface area contributed by atoms with E-state index in [0.717, 1.165) is 37.2 Å². The van der Waals surface area contributed by atoms with Gasteiger partial charge in [-0.25, -0.2) is 0 Å². The molecule has 0 aromatic heterocycles. The van der Waals surface area contributed by atoms with E-state index >= 15 is 0 Å². The van der Waals surface area contributed by atoms with Crippen LogP contribution in [-0.4, -0.2) is 26.0 Å². The Hall–Kier alpha value is -1.55. The summed E-state index contributed by atoms with van der Waals surface area (Å²) in [7, 11) is 1.39. The molecule has 0 aliphatic carbocycles. The largest absolute Gasteiger partial charge is 0.469 e. The molecule has 1 heterocycles. The number of methoxy groups -OCH3 is 1. The molecule has 4 nitrogen and oxygen atoms in total. The third kappa shape index (κ3) is 3.74. The molecule has 0 saturated carbocycles. The van der Waals surface area contributed by atoms with Crippen LogP contribution in [0.3, 0.4) is 0 Å². The van der Waals surface area contributed by atoms with Crippen LogP contribution >= 0.6 is 0 Å². The summed E-state index contributed by atoms with van der Waals surface area (Å²) >= 11 is 0. The quantitative estimate of drug-likeness (QED) is 0.769. The van der Waals surface area contributed by atoms with Gasteiger partial charge in [0.05, 0.1) is 20.1 Å². The van der Waals surface area contributed by atoms with E-state index in [1.54, 1.807) is 0 Å². The number of carbonyl (C=O) groups is 1. The fourth-order valence-corrected chi connectivity index (χ4v) is 1.88. The maximum atomic E-state index is 11.1. The molecule has 0 bridgehead atoms. The Labute approximate surface area is 107 Å². The smallest absolute Gasteiger partial charge is 0.309 e. The van der Waals surface area contributed by atoms with Crippen LogP contribution < -0.4 is 4.74 Å². The monoisotopic (exact) mass is 250 g/mol. The number of carbonyl (C=O) groups excluding carboxylic acids is 1. The molecule has 1 aromatic rings. The summed E-state index contributed by atoms with van der Waals surface area (Å²) < 4.78 is 15.8. The highest BCUT2D eigenvalue weighted by atomic mass is 16.7. The molecule has 1 unspecified atom stereocenters. The highest BCUT2D eigenvalue weighted by molar-refractivity contribution is 5.72. The third-order valence-electron chi connectivity index (χ3n) is 2.90. The van der Waals surface area contributed by atoms with E-state index in [4.69, 9.17) is 9.47 Å². The highest BCUT2D eigenvalue weighted by Crippen LogP contribution is 2.19. The van der Waals surface area contributed by atoms with Gasteiger partial charge in [0.2, 0.25) is 0 Å². The van der Waals surface area contributed by atoms with Gasteiger partial charge in [-0.1, -0.05) is 12.1 Å². The molecule has 98 valence electrons. The van der Waals surface area contributed by atoms with Crippen molar-refractivity contribution in [3.05, 3.63) is 29.8 Å². The Morgan fingerprint density at radius 1 is 1.33 bits per heavy atom. The van der Waals surface area contributed by atoms with Gasteiger partial charge < -0.3 is 14.2 Å². The van der Waals surface area contributed by atoms with Gasteiger partial charge in [-0.05, 0) is 30.5 Å². The van der Waals surface area contributed by atoms with E-state index in [1.807, 2.05) is 24.3 Å². The van der Waals surface area contributed by atoms with Crippen LogP contribution in [-0.2, 0) is 20.7 Å². The number of hydrogen-bond acceptors (Lipinski definition) is 4. The van der Waals surface area contributed by atoms with Crippen molar-refractivity contribution in [1.29, 1.82) is 0 Å². The molecule has 1 fully saturated rings. The van der Waals surface area contributed by atoms with Gasteiger partial charge in [0.25, 0.3) is 0 Å². The molecule has 2 rings (SSSR count). The lowest BCUT2D eigenvalue weighted by Crippen LogP contribution is -2.24. The van der Waals surface area contributed by atoms with E-state index in [-0.39, 0.29) is 18.7 Å². The summed E-state index contributed by atoms with van der Waals surface area (Å²) in [6.07, 6.45) is 3.34. The van der Waals surface area contributed by atoms with Crippen LogP contribution in [0.4, 0.5) is 0 Å². The van der Waals surface area contributed by atoms with Crippen molar-refractivity contribution in [3.8, 4) is 5.75 Å². The minimum Gasteiger partial charge on any atom is -0.469 e. The van der Waals surface area contributed by atoms with Crippen molar-refractivity contribution in [2.45, 2.75) is 32.0 Å². The maximum absolute atomic E-state index is 11.1. The molecule has 1 aromatic carbocycles. The Balaban J connectivity index is 1.88. The minimum atomic E-state index is -0.237. The lowest BCUT2D eigenvalue weighted by molar-refractivity contribution is -0.139. The predicted molar refractivity (Wildman–Crippen MR) is 66.4 cm³/mol. The lowest BCUT2D eigenvalue weighted by atomic mass is 10.1. The zero-order valence-corrected chi connectivity index (χ0v) is 10.6. The standard InChI is InChI=1S/C14H18O4/c1-16-13(15)10-11-5-7-12(8-6-11)18-14-4-2-3-9-17-14/h5-8,14H,2-4,9-10H2,1H3. The number of hydrogen-bond donors (Lipinski definition) is 0. The second kappa shape index (κ2) is 6.40. The third-order valence-corrected chi connectivity index (χ3v) is 2.90. The second-order valence-electron chi connectivity index (χ2n) is 4.31. The fourth-order valence-electron chi connectivity index (χ4n) is 1.88. The van der Waals surface area contributed by atoms with Crippen LogP contribution in [0.2, 0.25) is 0 Å². The van der Waals surface area contributed by atoms with Crippen LogP contribution in [0.15, 0.2) is 24.3 Å². The first-order valence-electron chi connectivity index (χ1n) is 6.22. The average molecular weight is 250 g/mol. The number of rotatable bonds is 4. The van der Waals surface area contributed by atoms with E-state index in [9.17, 15) is 4.79 Å². The summed E-state index contributed by atoms with van der Waals surface area (Å²) in [6.45, 7) is 0.769. The molecule has 1 aliphatic rings. The van der Waals surface area contributed by atoms with Crippen molar-refractivity contribution in [3.63, 3.8) is 0 Å². The van der Waals surface area contributed by atoms with E-state index in [2.05, 4.69) is 4.74 Å². The normalized spacial score (nSPS) is 19.3. The Kier molecular flexibility index (Phi) is 4.59. The van der Waals surface area contributed by atoms with E-state index in [0.29, 0.717) is 0 Å². The first-order chi connectivity index (χ1) is 8.78. The van der Waals surface area contributed by atoms with Crippen LogP contribution in [0.5, 0.6) is 5.75 Å². The molecular weight excluding hydrogens is 232 g/mol. The van der Waals surface area contributed by atoms with Gasteiger partial charge in [-0.2, -0.15) is 0 Å². The summed E-state index contributed by atoms with van der Waals surface area (Å²) in [6, 6.07) is 7.45. The van der Waals surface area contributed by atoms with E-state index in [1.165, 1.54) is 7.11 Å². The molecule has 0 N–H and O–H groups in total. The SMILES string of the molecule is COC(=O)Cc1ccc(OC2CCCCO2)cc1. The molecule has 18 heavy (non-hydrogen) atoms. The number of esters is 1. The lowest BCUT2D eigenvalue weighted by Gasteiger charge is -2.23. The summed E-state index contributed by atoms with van der Waals surface area (Å²) in [5, 5.41) is 0. The summed E-state index contributed by atoms with van der Waals surface area (Å²) in [5.41, 5.74) is 0.916. The molecule has 0 radical (unpaired) electrons. The zero-order valence-electron chi connectivity index (χ0n) is 10.6. The first kappa shape index (κ1) is 12.9. The Morgan fingerprint density at radius 2 is 2.11 bits per heavy atom. The van der Waals surface area contributed by atoms with Gasteiger partial charge in [-0.15, -0.1) is 0 Å². The topological polar surface area (TPSA) is 44.8 Å². The molecule has 1 atom stereocenters. The zero-order chi connectivity index (χ0) is 12.8. The Bertz CT molecular complexity index is 379. The molecule has 4 heteroatoms. The van der Waals surface area contributed by atoms with Crippen molar-refractivity contribution in [2.75, 3.05) is 13.7 Å². The predicted octanol–water partition coefficient (Wildman–Crippen LogP) is 2.31. The number of ether oxygens (including phenoxy) is 3. The van der Waals surface area contributed by atoms with Gasteiger partial charge in [-0.3, -0.25) is 4.79 Å². The molecule has 0 spiro atoms. The molecule has 1 aliphatic heterocycles. The second-order valence-corrected chi connectivity index (χ2v) is 4.31. The summed E-state index contributed by atoms with van der Waals surface area (Å²) in [4.78, 5) is 11.1. The van der Waals surface area contributed by atoms with Crippen molar-refractivity contribution in [2.24, 2.45) is 0 Å². The van der Waals surface area contributed by atoms with Crippen molar-refractivity contribution in [1.82, 2.24) is 0 Å².